The van der Waals surface area contributed by atoms with Crippen molar-refractivity contribution in [3.8, 4) is 0 Å². The normalized spacial score (nSPS) is 8.15. The zero-order valence-electron chi connectivity index (χ0n) is 8.45. The van der Waals surface area contributed by atoms with E-state index in [2.05, 4.69) is 0 Å². The summed E-state index contributed by atoms with van der Waals surface area (Å²) in [6.45, 7) is 2.47. The number of ether oxygens (including phenoxy) is 2. The monoisotopic (exact) mass is 216 g/mol. The van der Waals surface area contributed by atoms with Crippen LogP contribution in [0.3, 0.4) is 0 Å². The summed E-state index contributed by atoms with van der Waals surface area (Å²) < 4.78 is 19.8. The molecule has 0 aliphatic rings. The van der Waals surface area contributed by atoms with E-state index in [1.54, 1.807) is 14.2 Å². The van der Waals surface area contributed by atoms with Crippen molar-refractivity contribution in [1.82, 2.24) is 0 Å². The summed E-state index contributed by atoms with van der Waals surface area (Å²) in [5.74, 6) is 0. The third-order valence-electron chi connectivity index (χ3n) is 0.947. The molecule has 0 aromatic heterocycles. The third-order valence-corrected chi connectivity index (χ3v) is 1.69. The average molecular weight is 216 g/mol. The van der Waals surface area contributed by atoms with Gasteiger partial charge in [0.25, 0.3) is 0 Å². The van der Waals surface area contributed by atoms with E-state index in [-0.39, 0.29) is 50.9 Å². The number of hydrogen-bond acceptors (Lipinski definition) is 4. The van der Waals surface area contributed by atoms with Gasteiger partial charge in [0.05, 0.1) is 0 Å². The van der Waals surface area contributed by atoms with Crippen LogP contribution in [0, 0.1) is 0 Å². The van der Waals surface area contributed by atoms with E-state index in [0.717, 1.165) is 0 Å². The Kier molecular flexibility index (Phi) is 29.0. The molecule has 0 atom stereocenters. The van der Waals surface area contributed by atoms with Crippen LogP contribution in [0.1, 0.15) is 0 Å². The first kappa shape index (κ1) is 19.8. The average Bonchev–Trinajstić information content (AvgIpc) is 2.03. The van der Waals surface area contributed by atoms with Crippen LogP contribution >= 0.6 is 0 Å². The van der Waals surface area contributed by atoms with Crippen molar-refractivity contribution >= 4 is 15.9 Å². The molecule has 0 amide bonds. The van der Waals surface area contributed by atoms with E-state index in [0.29, 0.717) is 26.4 Å². The summed E-state index contributed by atoms with van der Waals surface area (Å²) in [5.41, 5.74) is 0. The molecule has 0 aliphatic heterocycles. The van der Waals surface area contributed by atoms with Crippen molar-refractivity contribution in [2.75, 3.05) is 40.6 Å². The summed E-state index contributed by atoms with van der Waals surface area (Å²) >= 11 is -0.349. The summed E-state index contributed by atoms with van der Waals surface area (Å²) in [5, 5.41) is 0. The maximum absolute atomic E-state index is 5.10. The molecular formula is C6H14AlNaO5. The van der Waals surface area contributed by atoms with Gasteiger partial charge in [0.1, 0.15) is 0 Å². The minimum atomic E-state index is -0.349. The molecule has 5 nitrogen and oxygen atoms in total. The van der Waals surface area contributed by atoms with Gasteiger partial charge in [0, 0.05) is 0 Å². The molecule has 0 N–H and O–H groups in total. The zero-order chi connectivity index (χ0) is 8.36. The predicted molar refractivity (Wildman–Crippen MR) is 42.1 cm³/mol. The Morgan fingerprint density at radius 1 is 0.846 bits per heavy atom. The van der Waals surface area contributed by atoms with E-state index in [1.807, 2.05) is 0 Å². The van der Waals surface area contributed by atoms with Gasteiger partial charge in [0.2, 0.25) is 0 Å². The predicted octanol–water partition coefficient (Wildman–Crippen LogP) is -3.27. The molecule has 0 heterocycles. The first-order valence-electron chi connectivity index (χ1n) is 3.44. The Morgan fingerprint density at radius 3 is 1.54 bits per heavy atom. The fourth-order valence-corrected chi connectivity index (χ4v) is 0.888. The zero-order valence-corrected chi connectivity index (χ0v) is 11.6. The Morgan fingerprint density at radius 2 is 1.23 bits per heavy atom. The molecule has 0 fully saturated rings. The van der Waals surface area contributed by atoms with Crippen LogP contribution in [0.4, 0.5) is 0 Å². The molecule has 0 aromatic rings. The Labute approximate surface area is 108 Å². The van der Waals surface area contributed by atoms with E-state index < -0.39 is 0 Å². The standard InChI is InChI=1S/2C3H7O2.Al.Na.O/c2*1-5-3-2-4;;;/h2*2-3H2,1H3;;;/q2*-1;+3;+1;-2. The second-order valence-corrected chi connectivity index (χ2v) is 2.68. The number of hydrogen-bond donors (Lipinski definition) is 0. The van der Waals surface area contributed by atoms with Crippen LogP contribution in [0.15, 0.2) is 0 Å². The molecule has 7 heteroatoms. The summed E-state index contributed by atoms with van der Waals surface area (Å²) in [6, 6.07) is 0. The summed E-state index contributed by atoms with van der Waals surface area (Å²) in [7, 11) is 3.29. The van der Waals surface area contributed by atoms with Crippen LogP contribution in [-0.4, -0.2) is 56.5 Å². The van der Waals surface area contributed by atoms with Crippen LogP contribution < -0.4 is 29.6 Å². The topological polar surface area (TPSA) is 65.4 Å². The Balaban J connectivity index is -0.000000500. The molecule has 0 aliphatic carbocycles. The van der Waals surface area contributed by atoms with Crippen LogP contribution in [0.5, 0.6) is 0 Å². The quantitative estimate of drug-likeness (QED) is 0.315. The van der Waals surface area contributed by atoms with Gasteiger partial charge in [-0.15, -0.1) is 0 Å². The fraction of sp³-hybridized carbons (Fsp3) is 1.00. The molecule has 0 saturated carbocycles. The van der Waals surface area contributed by atoms with Crippen molar-refractivity contribution < 1.29 is 52.1 Å². The van der Waals surface area contributed by atoms with Gasteiger partial charge in [-0.1, -0.05) is 0 Å². The van der Waals surface area contributed by atoms with E-state index in [9.17, 15) is 0 Å². The molecule has 13 heavy (non-hydrogen) atoms. The second-order valence-electron chi connectivity index (χ2n) is 1.82. The summed E-state index contributed by atoms with van der Waals surface area (Å²) in [4.78, 5) is 0. The summed E-state index contributed by atoms with van der Waals surface area (Å²) in [6.07, 6.45) is 0. The minimum absolute atomic E-state index is 0. The molecular weight excluding hydrogens is 202 g/mol. The molecule has 72 valence electrons. The molecule has 0 bridgehead atoms. The third kappa shape index (κ3) is 19.7. The van der Waals surface area contributed by atoms with Crippen molar-refractivity contribution in [2.24, 2.45) is 0 Å². The first-order chi connectivity index (χ1) is 5.41. The van der Waals surface area contributed by atoms with Gasteiger partial charge in [0.15, 0.2) is 0 Å². The van der Waals surface area contributed by atoms with Gasteiger partial charge in [-0.05, 0) is 0 Å². The molecule has 0 spiro atoms. The van der Waals surface area contributed by atoms with Crippen LogP contribution in [-0.2, 0) is 22.5 Å². The van der Waals surface area contributed by atoms with Crippen molar-refractivity contribution in [3.63, 3.8) is 0 Å². The Bertz CT molecular complexity index is 70.0. The van der Waals surface area contributed by atoms with E-state index >= 15 is 0 Å². The number of rotatable bonds is 8. The maximum Gasteiger partial charge on any atom is 1.00 e. The molecule has 0 rings (SSSR count). The van der Waals surface area contributed by atoms with Crippen molar-refractivity contribution in [3.05, 3.63) is 0 Å². The first-order valence-corrected chi connectivity index (χ1v) is 4.39. The van der Waals surface area contributed by atoms with Crippen molar-refractivity contribution in [1.29, 1.82) is 0 Å². The smallest absolute Gasteiger partial charge is 1.00 e. The van der Waals surface area contributed by atoms with Crippen LogP contribution in [0.2, 0.25) is 0 Å². The van der Waals surface area contributed by atoms with Gasteiger partial charge in [-0.2, -0.15) is 0 Å². The van der Waals surface area contributed by atoms with Crippen LogP contribution in [0.25, 0.3) is 0 Å². The van der Waals surface area contributed by atoms with Crippen molar-refractivity contribution in [2.45, 2.75) is 0 Å². The van der Waals surface area contributed by atoms with Gasteiger partial charge in [-0.25, -0.2) is 0 Å². The van der Waals surface area contributed by atoms with E-state index in [1.165, 1.54) is 0 Å². The van der Waals surface area contributed by atoms with Gasteiger partial charge >= 0.3 is 103 Å². The largest absolute Gasteiger partial charge is 2.00 e. The SMILES string of the molecule is COCC[O][Al+][O]CCOC.[Na+].[O-2]. The molecule has 0 aromatic carbocycles. The maximum atomic E-state index is 5.10. The molecule has 0 radical (unpaired) electrons. The Hall–Kier alpha value is 1.33. The fourth-order valence-electron chi connectivity index (χ4n) is 0.407. The number of methoxy groups -OCH3 is 2. The minimum Gasteiger partial charge on any atom is -2.00 e. The second kappa shape index (κ2) is 19.0. The van der Waals surface area contributed by atoms with Gasteiger partial charge < -0.3 is 5.48 Å². The molecule has 0 saturated heterocycles. The van der Waals surface area contributed by atoms with Gasteiger partial charge in [-0.3, -0.25) is 0 Å². The van der Waals surface area contributed by atoms with E-state index in [4.69, 9.17) is 17.1 Å². The molecule has 0 unspecified atom stereocenters.